The predicted molar refractivity (Wildman–Crippen MR) is 93.3 cm³/mol. The first-order chi connectivity index (χ1) is 10.8. The van der Waals surface area contributed by atoms with Gasteiger partial charge in [0.15, 0.2) is 0 Å². The van der Waals surface area contributed by atoms with E-state index in [1.807, 2.05) is 48.2 Å². The molecule has 0 atom stereocenters. The molecule has 0 aliphatic rings. The fraction of sp³-hybridized carbons (Fsp3) is 0.316. The van der Waals surface area contributed by atoms with Crippen molar-refractivity contribution in [3.05, 3.63) is 65.2 Å². The van der Waals surface area contributed by atoms with Gasteiger partial charge in [0.05, 0.1) is 18.2 Å². The first kappa shape index (κ1) is 16.5. The summed E-state index contributed by atoms with van der Waals surface area (Å²) in [4.78, 5) is 0. The van der Waals surface area contributed by atoms with Crippen molar-refractivity contribution < 1.29 is 4.74 Å². The van der Waals surface area contributed by atoms with Gasteiger partial charge in [0, 0.05) is 5.75 Å². The molecule has 0 amide bonds. The zero-order valence-corrected chi connectivity index (χ0v) is 13.7. The number of aryl methyl sites for hydroxylation is 1. The number of hydrogen-bond donors (Lipinski definition) is 0. The monoisotopic (exact) mass is 311 g/mol. The minimum atomic E-state index is 0.734. The van der Waals surface area contributed by atoms with Crippen LogP contribution in [0.5, 0.6) is 5.75 Å². The second-order valence-corrected chi connectivity index (χ2v) is 6.13. The fourth-order valence-electron chi connectivity index (χ4n) is 2.11. The van der Waals surface area contributed by atoms with Gasteiger partial charge in [-0.25, -0.2) is 0 Å². The smallest absolute Gasteiger partial charge is 0.119 e. The highest BCUT2D eigenvalue weighted by Crippen LogP contribution is 2.17. The van der Waals surface area contributed by atoms with Crippen molar-refractivity contribution in [2.45, 2.75) is 25.5 Å². The maximum absolute atomic E-state index is 9.04. The first-order valence-electron chi connectivity index (χ1n) is 7.61. The second-order valence-electron chi connectivity index (χ2n) is 5.02. The lowest BCUT2D eigenvalue weighted by atomic mass is 10.1. The molecule has 0 fully saturated rings. The third kappa shape index (κ3) is 5.13. The summed E-state index contributed by atoms with van der Waals surface area (Å²) < 4.78 is 5.74. The van der Waals surface area contributed by atoms with Crippen molar-refractivity contribution in [3.8, 4) is 11.8 Å². The minimum absolute atomic E-state index is 0.734. The summed E-state index contributed by atoms with van der Waals surface area (Å²) >= 11 is 1.85. The van der Waals surface area contributed by atoms with E-state index in [-0.39, 0.29) is 0 Å². The Morgan fingerprint density at radius 3 is 2.59 bits per heavy atom. The third-order valence-corrected chi connectivity index (χ3v) is 4.52. The van der Waals surface area contributed by atoms with E-state index in [9.17, 15) is 0 Å². The molecular weight excluding hydrogens is 290 g/mol. The molecule has 0 saturated heterocycles. The topological polar surface area (TPSA) is 33.0 Å². The average Bonchev–Trinajstić information content (AvgIpc) is 2.58. The summed E-state index contributed by atoms with van der Waals surface area (Å²) in [6.07, 6.45) is 2.07. The van der Waals surface area contributed by atoms with Crippen molar-refractivity contribution in [1.29, 1.82) is 5.26 Å². The molecule has 0 saturated carbocycles. The highest BCUT2D eigenvalue weighted by Gasteiger charge is 2.01. The van der Waals surface area contributed by atoms with Gasteiger partial charge >= 0.3 is 0 Å². The lowest BCUT2D eigenvalue weighted by molar-refractivity contribution is 0.318. The molecule has 0 radical (unpaired) electrons. The quantitative estimate of drug-likeness (QED) is 0.655. The van der Waals surface area contributed by atoms with Crippen LogP contribution in [0.4, 0.5) is 0 Å². The van der Waals surface area contributed by atoms with Crippen molar-refractivity contribution >= 4 is 11.8 Å². The van der Waals surface area contributed by atoms with E-state index in [0.717, 1.165) is 47.8 Å². The van der Waals surface area contributed by atoms with E-state index in [1.165, 1.54) is 5.56 Å². The van der Waals surface area contributed by atoms with Gasteiger partial charge < -0.3 is 4.74 Å². The maximum Gasteiger partial charge on any atom is 0.119 e. The summed E-state index contributed by atoms with van der Waals surface area (Å²) in [6, 6.07) is 18.3. The van der Waals surface area contributed by atoms with Gasteiger partial charge in [0.25, 0.3) is 0 Å². The molecule has 0 aromatic heterocycles. The molecule has 0 bridgehead atoms. The van der Waals surface area contributed by atoms with Crippen molar-refractivity contribution in [2.75, 3.05) is 12.4 Å². The van der Waals surface area contributed by atoms with E-state index < -0.39 is 0 Å². The zero-order chi connectivity index (χ0) is 15.6. The van der Waals surface area contributed by atoms with E-state index in [2.05, 4.69) is 25.1 Å². The molecule has 0 N–H and O–H groups in total. The van der Waals surface area contributed by atoms with Crippen LogP contribution in [0, 0.1) is 11.3 Å². The Kier molecular flexibility index (Phi) is 6.86. The Balaban J connectivity index is 1.64. The van der Waals surface area contributed by atoms with Crippen LogP contribution in [-0.4, -0.2) is 12.4 Å². The van der Waals surface area contributed by atoms with Crippen LogP contribution < -0.4 is 4.74 Å². The van der Waals surface area contributed by atoms with Gasteiger partial charge in [-0.2, -0.15) is 17.0 Å². The Bertz CT molecular complexity index is 616. The molecule has 0 aliphatic carbocycles. The standard InChI is InChI=1S/C19H21NOS/c1-2-16-8-10-19(11-9-16)21-12-5-13-22-15-18-7-4-3-6-17(18)14-20/h3-4,6-11H,2,5,12-13,15H2,1H3. The lowest BCUT2D eigenvalue weighted by Gasteiger charge is -2.07. The predicted octanol–water partition coefficient (Wildman–Crippen LogP) is 4.82. The van der Waals surface area contributed by atoms with E-state index in [4.69, 9.17) is 10.00 Å². The molecule has 2 nitrogen and oxygen atoms in total. The first-order valence-corrected chi connectivity index (χ1v) is 8.76. The average molecular weight is 311 g/mol. The number of hydrogen-bond acceptors (Lipinski definition) is 3. The second kappa shape index (κ2) is 9.17. The lowest BCUT2D eigenvalue weighted by Crippen LogP contribution is -1.99. The fourth-order valence-corrected chi connectivity index (χ4v) is 3.05. The molecule has 2 rings (SSSR count). The Morgan fingerprint density at radius 1 is 1.09 bits per heavy atom. The summed E-state index contributed by atoms with van der Waals surface area (Å²) in [6.45, 7) is 2.88. The van der Waals surface area contributed by atoms with E-state index in [1.54, 1.807) is 0 Å². The highest BCUT2D eigenvalue weighted by molar-refractivity contribution is 7.98. The van der Waals surface area contributed by atoms with Crippen molar-refractivity contribution in [2.24, 2.45) is 0 Å². The van der Waals surface area contributed by atoms with Crippen LogP contribution in [-0.2, 0) is 12.2 Å². The molecule has 0 spiro atoms. The molecule has 0 unspecified atom stereocenters. The molecule has 22 heavy (non-hydrogen) atoms. The minimum Gasteiger partial charge on any atom is -0.494 e. The van der Waals surface area contributed by atoms with Gasteiger partial charge in [-0.15, -0.1) is 0 Å². The summed E-state index contributed by atoms with van der Waals surface area (Å²) in [5.41, 5.74) is 3.23. The van der Waals surface area contributed by atoms with Gasteiger partial charge in [-0.05, 0) is 47.9 Å². The normalized spacial score (nSPS) is 10.2. The van der Waals surface area contributed by atoms with Gasteiger partial charge in [0.2, 0.25) is 0 Å². The number of nitrogens with zero attached hydrogens (tertiary/aromatic N) is 1. The Labute approximate surface area is 137 Å². The summed E-state index contributed by atoms with van der Waals surface area (Å²) in [5.74, 6) is 2.86. The molecular formula is C19H21NOS. The van der Waals surface area contributed by atoms with Crippen molar-refractivity contribution in [1.82, 2.24) is 0 Å². The van der Waals surface area contributed by atoms with Crippen LogP contribution in [0.25, 0.3) is 0 Å². The molecule has 2 aromatic rings. The SMILES string of the molecule is CCc1ccc(OCCCSCc2ccccc2C#N)cc1. The van der Waals surface area contributed by atoms with Crippen LogP contribution >= 0.6 is 11.8 Å². The summed E-state index contributed by atoms with van der Waals surface area (Å²) in [7, 11) is 0. The third-order valence-electron chi connectivity index (χ3n) is 3.43. The number of nitriles is 1. The van der Waals surface area contributed by atoms with Crippen molar-refractivity contribution in [3.63, 3.8) is 0 Å². The molecule has 0 heterocycles. The molecule has 114 valence electrons. The Hall–Kier alpha value is -1.92. The zero-order valence-electron chi connectivity index (χ0n) is 12.9. The summed E-state index contributed by atoms with van der Waals surface area (Å²) in [5, 5.41) is 9.04. The Morgan fingerprint density at radius 2 is 1.86 bits per heavy atom. The molecule has 0 aliphatic heterocycles. The number of thioether (sulfide) groups is 1. The molecule has 3 heteroatoms. The van der Waals surface area contributed by atoms with E-state index in [0.29, 0.717) is 0 Å². The highest BCUT2D eigenvalue weighted by atomic mass is 32.2. The van der Waals surface area contributed by atoms with Crippen LogP contribution in [0.1, 0.15) is 30.0 Å². The van der Waals surface area contributed by atoms with Gasteiger partial charge in [-0.1, -0.05) is 37.3 Å². The molecule has 2 aromatic carbocycles. The largest absolute Gasteiger partial charge is 0.494 e. The van der Waals surface area contributed by atoms with Gasteiger partial charge in [-0.3, -0.25) is 0 Å². The number of ether oxygens (including phenoxy) is 1. The maximum atomic E-state index is 9.04. The van der Waals surface area contributed by atoms with Crippen LogP contribution in [0.3, 0.4) is 0 Å². The van der Waals surface area contributed by atoms with Gasteiger partial charge in [0.1, 0.15) is 5.75 Å². The van der Waals surface area contributed by atoms with Crippen LogP contribution in [0.15, 0.2) is 48.5 Å². The van der Waals surface area contributed by atoms with Crippen LogP contribution in [0.2, 0.25) is 0 Å². The number of rotatable bonds is 8. The van der Waals surface area contributed by atoms with E-state index >= 15 is 0 Å². The number of benzene rings is 2.